The van der Waals surface area contributed by atoms with Crippen LogP contribution in [0.5, 0.6) is 0 Å². The fraction of sp³-hybridized carbons (Fsp3) is 0.667. The summed E-state index contributed by atoms with van der Waals surface area (Å²) in [4.78, 5) is 0. The Morgan fingerprint density at radius 3 is 1.17 bits per heavy atom. The Bertz CT molecular complexity index is 187. The molecule has 6 heteroatoms. The fourth-order valence-electron chi connectivity index (χ4n) is 1.11. The van der Waals surface area contributed by atoms with Gasteiger partial charge in [-0.25, -0.2) is 0 Å². The van der Waals surface area contributed by atoms with Crippen molar-refractivity contribution in [1.29, 1.82) is 0 Å². The molecule has 70 valence electrons. The predicted octanol–water partition coefficient (Wildman–Crippen LogP) is 2.91. The maximum atomic E-state index is 11.7. The maximum absolute atomic E-state index is 11.7. The zero-order valence-corrected chi connectivity index (χ0v) is 5.63. The highest BCUT2D eigenvalue weighted by atomic mass is 19.4. The van der Waals surface area contributed by atoms with Gasteiger partial charge in [-0.2, -0.15) is 26.3 Å². The van der Waals surface area contributed by atoms with E-state index < -0.39 is 29.8 Å². The van der Waals surface area contributed by atoms with Gasteiger partial charge in [-0.1, -0.05) is 12.2 Å². The molecule has 0 nitrogen and oxygen atoms in total. The zero-order valence-electron chi connectivity index (χ0n) is 5.63. The van der Waals surface area contributed by atoms with Crippen LogP contribution in [0.1, 0.15) is 0 Å². The van der Waals surface area contributed by atoms with Crippen LogP contribution in [-0.2, 0) is 0 Å². The monoisotopic (exact) mass is 190 g/mol. The molecule has 0 aliphatic heterocycles. The highest BCUT2D eigenvalue weighted by molar-refractivity contribution is 5.30. The molecule has 1 aliphatic rings. The average Bonchev–Trinajstić information content (AvgIpc) is 2.35. The van der Waals surface area contributed by atoms with Gasteiger partial charge in [0.25, 0.3) is 0 Å². The lowest BCUT2D eigenvalue weighted by molar-refractivity contribution is -0.191. The fourth-order valence-corrected chi connectivity index (χ4v) is 1.11. The summed E-state index contributed by atoms with van der Waals surface area (Å²) in [6.45, 7) is 2.72. The first kappa shape index (κ1) is 9.41. The second kappa shape index (κ2) is 2.17. The average molecular weight is 190 g/mol. The van der Waals surface area contributed by atoms with E-state index >= 15 is 0 Å². The molecule has 1 fully saturated rings. The van der Waals surface area contributed by atoms with Crippen molar-refractivity contribution in [3.8, 4) is 0 Å². The van der Waals surface area contributed by atoms with Crippen LogP contribution >= 0.6 is 0 Å². The second-order valence-corrected chi connectivity index (χ2v) is 2.61. The molecule has 0 spiro atoms. The first-order chi connectivity index (χ1) is 5.15. The molecule has 0 aromatic rings. The number of hydrogen-bond donors (Lipinski definition) is 0. The molecule has 0 N–H and O–H groups in total. The molecular formula is C6H4F6. The van der Waals surface area contributed by atoms with Crippen LogP contribution in [0.2, 0.25) is 0 Å². The van der Waals surface area contributed by atoms with Crippen molar-refractivity contribution in [1.82, 2.24) is 0 Å². The van der Waals surface area contributed by atoms with Gasteiger partial charge < -0.3 is 0 Å². The van der Waals surface area contributed by atoms with Crippen LogP contribution in [0.25, 0.3) is 0 Å². The van der Waals surface area contributed by atoms with Crippen molar-refractivity contribution in [2.75, 3.05) is 0 Å². The molecule has 0 heterocycles. The Morgan fingerprint density at radius 2 is 1.08 bits per heavy atom. The third kappa shape index (κ3) is 1.42. The Kier molecular flexibility index (Phi) is 1.70. The minimum atomic E-state index is -4.81. The molecule has 0 saturated heterocycles. The number of halogens is 6. The molecule has 0 radical (unpaired) electrons. The molecule has 0 aromatic heterocycles. The number of hydrogen-bond acceptors (Lipinski definition) is 0. The van der Waals surface area contributed by atoms with Crippen LogP contribution in [0.15, 0.2) is 12.2 Å². The summed E-state index contributed by atoms with van der Waals surface area (Å²) in [6, 6.07) is 0. The molecule has 1 aliphatic carbocycles. The van der Waals surface area contributed by atoms with Gasteiger partial charge in [0.1, 0.15) is 0 Å². The Balaban J connectivity index is 2.73. The predicted molar refractivity (Wildman–Crippen MR) is 28.2 cm³/mol. The van der Waals surface area contributed by atoms with Crippen LogP contribution in [-0.4, -0.2) is 12.4 Å². The van der Waals surface area contributed by atoms with Gasteiger partial charge in [0.2, 0.25) is 0 Å². The van der Waals surface area contributed by atoms with E-state index in [9.17, 15) is 26.3 Å². The van der Waals surface area contributed by atoms with E-state index in [4.69, 9.17) is 0 Å². The summed E-state index contributed by atoms with van der Waals surface area (Å²) in [5.74, 6) is -4.75. The van der Waals surface area contributed by atoms with E-state index in [1.807, 2.05) is 0 Å². The van der Waals surface area contributed by atoms with Crippen molar-refractivity contribution in [3.63, 3.8) is 0 Å². The maximum Gasteiger partial charge on any atom is 0.396 e. The summed E-state index contributed by atoms with van der Waals surface area (Å²) in [6.07, 6.45) is -9.62. The Morgan fingerprint density at radius 1 is 0.833 bits per heavy atom. The summed E-state index contributed by atoms with van der Waals surface area (Å²) < 4.78 is 70.3. The second-order valence-electron chi connectivity index (χ2n) is 2.61. The van der Waals surface area contributed by atoms with Crippen LogP contribution in [0.3, 0.4) is 0 Å². The van der Waals surface area contributed by atoms with Crippen molar-refractivity contribution in [2.45, 2.75) is 12.4 Å². The first-order valence-corrected chi connectivity index (χ1v) is 2.98. The van der Waals surface area contributed by atoms with Crippen LogP contribution in [0.4, 0.5) is 26.3 Å². The minimum absolute atomic E-state index is 0.782. The standard InChI is InChI=1S/C6H4F6/c1-2-3(5(7,8)9)4(2)6(10,11)12/h3-4H,1H2. The van der Waals surface area contributed by atoms with E-state index in [1.165, 1.54) is 0 Å². The molecule has 0 amide bonds. The SMILES string of the molecule is C=C1C(C(F)(F)F)C1C(F)(F)F. The highest BCUT2D eigenvalue weighted by Gasteiger charge is 2.69. The van der Waals surface area contributed by atoms with E-state index in [-0.39, 0.29) is 0 Å². The molecule has 0 aromatic carbocycles. The Labute approximate surface area is 63.9 Å². The van der Waals surface area contributed by atoms with E-state index in [0.717, 1.165) is 0 Å². The van der Waals surface area contributed by atoms with E-state index in [0.29, 0.717) is 0 Å². The molecule has 1 saturated carbocycles. The molecule has 12 heavy (non-hydrogen) atoms. The smallest absolute Gasteiger partial charge is 0.170 e. The molecule has 2 unspecified atom stereocenters. The van der Waals surface area contributed by atoms with E-state index in [1.54, 1.807) is 0 Å². The molecule has 0 bridgehead atoms. The van der Waals surface area contributed by atoms with Crippen molar-refractivity contribution in [3.05, 3.63) is 12.2 Å². The third-order valence-electron chi connectivity index (χ3n) is 1.73. The topological polar surface area (TPSA) is 0 Å². The lowest BCUT2D eigenvalue weighted by Crippen LogP contribution is -2.19. The van der Waals surface area contributed by atoms with Crippen molar-refractivity contribution < 1.29 is 26.3 Å². The van der Waals surface area contributed by atoms with Gasteiger partial charge >= 0.3 is 12.4 Å². The van der Waals surface area contributed by atoms with Gasteiger partial charge in [0.05, 0.1) is 11.8 Å². The summed E-state index contributed by atoms with van der Waals surface area (Å²) in [5.41, 5.74) is -0.782. The lowest BCUT2D eigenvalue weighted by atomic mass is 10.3. The highest BCUT2D eigenvalue weighted by Crippen LogP contribution is 2.60. The Hall–Kier alpha value is -0.680. The van der Waals surface area contributed by atoms with Gasteiger partial charge in [-0.05, 0) is 0 Å². The van der Waals surface area contributed by atoms with Crippen molar-refractivity contribution in [2.24, 2.45) is 11.8 Å². The normalized spacial score (nSPS) is 30.7. The quantitative estimate of drug-likeness (QED) is 0.407. The summed E-state index contributed by atoms with van der Waals surface area (Å²) in [5, 5.41) is 0. The van der Waals surface area contributed by atoms with E-state index in [2.05, 4.69) is 6.58 Å². The first-order valence-electron chi connectivity index (χ1n) is 2.98. The minimum Gasteiger partial charge on any atom is -0.170 e. The van der Waals surface area contributed by atoms with Crippen LogP contribution in [0, 0.1) is 11.8 Å². The summed E-state index contributed by atoms with van der Waals surface area (Å²) in [7, 11) is 0. The van der Waals surface area contributed by atoms with Gasteiger partial charge in [0.15, 0.2) is 0 Å². The van der Waals surface area contributed by atoms with Crippen molar-refractivity contribution >= 4 is 0 Å². The third-order valence-corrected chi connectivity index (χ3v) is 1.73. The number of allylic oxidation sites excluding steroid dienone is 1. The van der Waals surface area contributed by atoms with Gasteiger partial charge in [0, 0.05) is 0 Å². The zero-order chi connectivity index (χ0) is 9.73. The lowest BCUT2D eigenvalue weighted by Gasteiger charge is -2.06. The van der Waals surface area contributed by atoms with Crippen LogP contribution < -0.4 is 0 Å². The molecule has 2 atom stereocenters. The summed E-state index contributed by atoms with van der Waals surface area (Å²) >= 11 is 0. The number of alkyl halides is 6. The van der Waals surface area contributed by atoms with Gasteiger partial charge in [-0.3, -0.25) is 0 Å². The molecular weight excluding hydrogens is 186 g/mol. The molecule has 1 rings (SSSR count). The number of rotatable bonds is 0. The van der Waals surface area contributed by atoms with Gasteiger partial charge in [-0.15, -0.1) is 0 Å². The largest absolute Gasteiger partial charge is 0.396 e.